The molecule has 1 aromatic carbocycles. The highest BCUT2D eigenvalue weighted by molar-refractivity contribution is 7.89. The van der Waals surface area contributed by atoms with Crippen LogP contribution in [0.2, 0.25) is 0 Å². The topological polar surface area (TPSA) is 92.3 Å². The van der Waals surface area contributed by atoms with Crippen molar-refractivity contribution >= 4 is 15.9 Å². The molecule has 0 spiro atoms. The molecule has 2 rings (SSSR count). The maximum Gasteiger partial charge on any atom is 0.240 e. The first-order valence-electron chi connectivity index (χ1n) is 8.36. The molecule has 0 saturated carbocycles. The molecule has 0 aliphatic carbocycles. The summed E-state index contributed by atoms with van der Waals surface area (Å²) in [7, 11) is -0.278. The highest BCUT2D eigenvalue weighted by atomic mass is 32.2. The number of amides is 1. The average molecular weight is 376 g/mol. The van der Waals surface area contributed by atoms with Crippen molar-refractivity contribution in [3.05, 3.63) is 54.1 Å². The summed E-state index contributed by atoms with van der Waals surface area (Å²) in [5.74, 6) is 0.0355. The average Bonchev–Trinajstić information content (AvgIpc) is 2.66. The van der Waals surface area contributed by atoms with E-state index >= 15 is 0 Å². The van der Waals surface area contributed by atoms with E-state index in [9.17, 15) is 13.2 Å². The van der Waals surface area contributed by atoms with E-state index in [4.69, 9.17) is 0 Å². The van der Waals surface area contributed by atoms with Gasteiger partial charge in [0.05, 0.1) is 10.6 Å². The molecule has 1 aromatic heterocycles. The summed E-state index contributed by atoms with van der Waals surface area (Å²) in [6.45, 7) is 1.98. The van der Waals surface area contributed by atoms with Crippen molar-refractivity contribution in [3.63, 3.8) is 0 Å². The smallest absolute Gasteiger partial charge is 0.240 e. The normalized spacial score (nSPS) is 12.6. The molecule has 1 heterocycles. The van der Waals surface area contributed by atoms with Gasteiger partial charge >= 0.3 is 0 Å². The SMILES string of the molecule is CNS(=O)(=O)c1ccc(CCC(=O)N(C)C(C)Cc2cnccn2)cc1. The minimum atomic E-state index is -3.44. The highest BCUT2D eigenvalue weighted by Gasteiger charge is 2.17. The molecule has 0 saturated heterocycles. The molecular formula is C18H24N4O3S. The molecule has 0 radical (unpaired) electrons. The molecule has 1 unspecified atom stereocenters. The Morgan fingerprint density at radius 1 is 1.23 bits per heavy atom. The van der Waals surface area contributed by atoms with E-state index in [2.05, 4.69) is 14.7 Å². The maximum absolute atomic E-state index is 12.4. The lowest BCUT2D eigenvalue weighted by Gasteiger charge is -2.24. The van der Waals surface area contributed by atoms with Crippen molar-refractivity contribution in [1.82, 2.24) is 19.6 Å². The molecule has 2 aromatic rings. The third kappa shape index (κ3) is 5.34. The van der Waals surface area contributed by atoms with Crippen LogP contribution in [-0.4, -0.2) is 49.3 Å². The quantitative estimate of drug-likeness (QED) is 0.752. The fourth-order valence-corrected chi connectivity index (χ4v) is 3.23. The monoisotopic (exact) mass is 376 g/mol. The van der Waals surface area contributed by atoms with Crippen LogP contribution >= 0.6 is 0 Å². The molecule has 0 aliphatic rings. The van der Waals surface area contributed by atoms with Crippen LogP contribution in [0.3, 0.4) is 0 Å². The van der Waals surface area contributed by atoms with E-state index in [-0.39, 0.29) is 16.8 Å². The van der Waals surface area contributed by atoms with Gasteiger partial charge in [0.1, 0.15) is 0 Å². The van der Waals surface area contributed by atoms with Crippen molar-refractivity contribution < 1.29 is 13.2 Å². The number of hydrogen-bond donors (Lipinski definition) is 1. The first-order valence-corrected chi connectivity index (χ1v) is 9.85. The van der Waals surface area contributed by atoms with E-state index < -0.39 is 10.0 Å². The van der Waals surface area contributed by atoms with Crippen LogP contribution < -0.4 is 4.72 Å². The zero-order chi connectivity index (χ0) is 19.2. The fourth-order valence-electron chi connectivity index (χ4n) is 2.50. The number of nitrogens with zero attached hydrogens (tertiary/aromatic N) is 3. The van der Waals surface area contributed by atoms with Crippen LogP contribution in [0.4, 0.5) is 0 Å². The minimum absolute atomic E-state index is 0.0161. The fraction of sp³-hybridized carbons (Fsp3) is 0.389. The molecule has 8 heteroatoms. The molecule has 0 aliphatic heterocycles. The molecule has 26 heavy (non-hydrogen) atoms. The van der Waals surface area contributed by atoms with Crippen LogP contribution in [0.25, 0.3) is 0 Å². The molecular weight excluding hydrogens is 352 g/mol. The van der Waals surface area contributed by atoms with E-state index in [0.717, 1.165) is 11.3 Å². The number of carbonyl (C=O) groups excluding carboxylic acids is 1. The second-order valence-corrected chi connectivity index (χ2v) is 7.99. The predicted octanol–water partition coefficient (Wildman–Crippen LogP) is 1.41. The van der Waals surface area contributed by atoms with Gasteiger partial charge in [0.15, 0.2) is 0 Å². The number of carbonyl (C=O) groups is 1. The Morgan fingerprint density at radius 3 is 2.50 bits per heavy atom. The second-order valence-electron chi connectivity index (χ2n) is 6.11. The molecule has 0 fully saturated rings. The Kier molecular flexibility index (Phi) is 6.82. The summed E-state index contributed by atoms with van der Waals surface area (Å²) in [5, 5.41) is 0. The van der Waals surface area contributed by atoms with Gasteiger partial charge in [-0.2, -0.15) is 0 Å². The molecule has 1 N–H and O–H groups in total. The first-order chi connectivity index (χ1) is 12.3. The number of aromatic nitrogens is 2. The lowest BCUT2D eigenvalue weighted by atomic mass is 10.1. The number of nitrogens with one attached hydrogen (secondary N) is 1. The van der Waals surface area contributed by atoms with E-state index in [1.807, 2.05) is 6.92 Å². The van der Waals surface area contributed by atoms with Gasteiger partial charge < -0.3 is 4.90 Å². The summed E-state index contributed by atoms with van der Waals surface area (Å²) in [6, 6.07) is 6.58. The predicted molar refractivity (Wildman–Crippen MR) is 99.0 cm³/mol. The van der Waals surface area contributed by atoms with Gasteiger partial charge in [-0.05, 0) is 38.1 Å². The van der Waals surface area contributed by atoms with Crippen LogP contribution in [0.15, 0.2) is 47.8 Å². The molecule has 7 nitrogen and oxygen atoms in total. The Bertz CT molecular complexity index is 823. The third-order valence-electron chi connectivity index (χ3n) is 4.31. The number of rotatable bonds is 8. The molecule has 140 valence electrons. The Morgan fingerprint density at radius 2 is 1.92 bits per heavy atom. The van der Waals surface area contributed by atoms with Crippen LogP contribution in [0.1, 0.15) is 24.6 Å². The Labute approximate surface area is 154 Å². The van der Waals surface area contributed by atoms with Crippen molar-refractivity contribution in [2.75, 3.05) is 14.1 Å². The summed E-state index contributed by atoms with van der Waals surface area (Å²) >= 11 is 0. The van der Waals surface area contributed by atoms with E-state index in [1.54, 1.807) is 54.8 Å². The number of aryl methyl sites for hydroxylation is 1. The van der Waals surface area contributed by atoms with Gasteiger partial charge in [-0.3, -0.25) is 14.8 Å². The van der Waals surface area contributed by atoms with Gasteiger partial charge in [0.25, 0.3) is 0 Å². The van der Waals surface area contributed by atoms with Crippen LogP contribution in [0.5, 0.6) is 0 Å². The number of likely N-dealkylation sites (N-methyl/N-ethyl adjacent to an activating group) is 1. The zero-order valence-corrected chi connectivity index (χ0v) is 16.0. The van der Waals surface area contributed by atoms with Crippen molar-refractivity contribution in [2.24, 2.45) is 0 Å². The van der Waals surface area contributed by atoms with Gasteiger partial charge in [0, 0.05) is 44.5 Å². The third-order valence-corrected chi connectivity index (χ3v) is 5.74. The summed E-state index contributed by atoms with van der Waals surface area (Å²) < 4.78 is 25.7. The zero-order valence-electron chi connectivity index (χ0n) is 15.2. The number of hydrogen-bond acceptors (Lipinski definition) is 5. The Hall–Kier alpha value is -2.32. The molecule has 1 atom stereocenters. The minimum Gasteiger partial charge on any atom is -0.343 e. The van der Waals surface area contributed by atoms with Crippen LogP contribution in [-0.2, 0) is 27.7 Å². The number of benzene rings is 1. The molecule has 0 bridgehead atoms. The summed E-state index contributed by atoms with van der Waals surface area (Å²) in [5.41, 5.74) is 1.77. The highest BCUT2D eigenvalue weighted by Crippen LogP contribution is 2.13. The largest absolute Gasteiger partial charge is 0.343 e. The maximum atomic E-state index is 12.4. The van der Waals surface area contributed by atoms with Crippen molar-refractivity contribution in [3.8, 4) is 0 Å². The lowest BCUT2D eigenvalue weighted by molar-refractivity contribution is -0.131. The van der Waals surface area contributed by atoms with E-state index in [1.165, 1.54) is 7.05 Å². The van der Waals surface area contributed by atoms with Crippen LogP contribution in [0, 0.1) is 0 Å². The lowest BCUT2D eigenvalue weighted by Crippen LogP contribution is -2.36. The van der Waals surface area contributed by atoms with Gasteiger partial charge in [-0.1, -0.05) is 12.1 Å². The van der Waals surface area contributed by atoms with Crippen molar-refractivity contribution in [1.29, 1.82) is 0 Å². The first kappa shape index (κ1) is 20.0. The van der Waals surface area contributed by atoms with Gasteiger partial charge in [0.2, 0.25) is 15.9 Å². The van der Waals surface area contributed by atoms with Crippen molar-refractivity contribution in [2.45, 2.75) is 37.1 Å². The summed E-state index contributed by atoms with van der Waals surface area (Å²) in [6.07, 6.45) is 6.53. The molecule has 1 amide bonds. The second kappa shape index (κ2) is 8.86. The number of sulfonamides is 1. The standard InChI is InChI=1S/C18H24N4O3S/c1-14(12-16-13-20-10-11-21-16)22(3)18(23)9-6-15-4-7-17(8-5-15)26(24,25)19-2/h4-5,7-8,10-11,13-14,19H,6,9,12H2,1-3H3. The summed E-state index contributed by atoms with van der Waals surface area (Å²) in [4.78, 5) is 22.6. The Balaban J connectivity index is 1.89. The van der Waals surface area contributed by atoms with Gasteiger partial charge in [-0.25, -0.2) is 13.1 Å². The van der Waals surface area contributed by atoms with E-state index in [0.29, 0.717) is 19.3 Å². The van der Waals surface area contributed by atoms with Gasteiger partial charge in [-0.15, -0.1) is 0 Å².